The number of para-hydroxylation sites is 1. The zero-order valence-corrected chi connectivity index (χ0v) is 6.97. The van der Waals surface area contributed by atoms with Gasteiger partial charge in [-0.05, 0) is 17.3 Å². The number of hydrogen-bond acceptors (Lipinski definition) is 4. The van der Waals surface area contributed by atoms with Gasteiger partial charge in [0.15, 0.2) is 0 Å². The van der Waals surface area contributed by atoms with E-state index in [9.17, 15) is 4.91 Å². The third kappa shape index (κ3) is 1.38. The average Bonchev–Trinajstić information content (AvgIpc) is 2.70. The lowest BCUT2D eigenvalue weighted by Crippen LogP contribution is -2.19. The molecule has 0 radical (unpaired) electrons. The maximum absolute atomic E-state index is 10.5. The summed E-state index contributed by atoms with van der Waals surface area (Å²) in [6.07, 6.45) is 3.71. The maximum atomic E-state index is 10.5. The molecule has 0 fully saturated rings. The number of nitrogens with one attached hydrogen (secondary N) is 1. The first-order valence-corrected chi connectivity index (χ1v) is 4.01. The monoisotopic (exact) mass is 175 g/mol. The van der Waals surface area contributed by atoms with Gasteiger partial charge in [0.1, 0.15) is 5.69 Å². The Balaban J connectivity index is 2.37. The summed E-state index contributed by atoms with van der Waals surface area (Å²) in [7, 11) is 0. The lowest BCUT2D eigenvalue weighted by atomic mass is 10.2. The smallest absolute Gasteiger partial charge is 0.131 e. The largest absolute Gasteiger partial charge is 0.372 e. The maximum Gasteiger partial charge on any atom is 0.131 e. The molecule has 1 aromatic carbocycles. The fourth-order valence-electron chi connectivity index (χ4n) is 1.30. The summed E-state index contributed by atoms with van der Waals surface area (Å²) >= 11 is 0. The zero-order chi connectivity index (χ0) is 9.10. The van der Waals surface area contributed by atoms with Gasteiger partial charge in [-0.1, -0.05) is 12.1 Å². The molecule has 0 saturated carbocycles. The van der Waals surface area contributed by atoms with E-state index in [-0.39, 0.29) is 0 Å². The predicted molar refractivity (Wildman–Crippen MR) is 51.5 cm³/mol. The van der Waals surface area contributed by atoms with Crippen LogP contribution in [0, 0.1) is 4.91 Å². The van der Waals surface area contributed by atoms with Crippen LogP contribution in [0.2, 0.25) is 0 Å². The summed E-state index contributed by atoms with van der Waals surface area (Å²) in [5.41, 5.74) is 1.30. The van der Waals surface area contributed by atoms with Crippen molar-refractivity contribution in [1.29, 1.82) is 0 Å². The minimum atomic E-state index is 0.468. The van der Waals surface area contributed by atoms with E-state index in [1.165, 1.54) is 0 Å². The van der Waals surface area contributed by atoms with Gasteiger partial charge in [0.25, 0.3) is 0 Å². The molecule has 0 unspecified atom stereocenters. The van der Waals surface area contributed by atoms with Crippen molar-refractivity contribution < 1.29 is 0 Å². The highest BCUT2D eigenvalue weighted by atomic mass is 16.3. The second-order valence-electron chi connectivity index (χ2n) is 2.73. The first-order chi connectivity index (χ1) is 6.42. The van der Waals surface area contributed by atoms with Crippen LogP contribution in [-0.2, 0) is 0 Å². The van der Waals surface area contributed by atoms with Crippen molar-refractivity contribution in [3.8, 4) is 0 Å². The van der Waals surface area contributed by atoms with E-state index in [2.05, 4.69) is 10.5 Å². The molecule has 4 heteroatoms. The molecule has 1 aliphatic heterocycles. The quantitative estimate of drug-likeness (QED) is 0.698. The number of nitrogens with zero attached hydrogens (tertiary/aromatic N) is 2. The summed E-state index contributed by atoms with van der Waals surface area (Å²) in [5.74, 6) is 0. The predicted octanol–water partition coefficient (Wildman–Crippen LogP) is 1.92. The SMILES string of the molecule is O=Nc1ccccc1N1C=CNC1. The van der Waals surface area contributed by atoms with Crippen molar-refractivity contribution in [3.05, 3.63) is 41.6 Å². The minimum Gasteiger partial charge on any atom is -0.372 e. The molecule has 0 aromatic heterocycles. The second kappa shape index (κ2) is 3.26. The molecule has 1 N–H and O–H groups in total. The van der Waals surface area contributed by atoms with Gasteiger partial charge in [-0.3, -0.25) is 0 Å². The molecule has 13 heavy (non-hydrogen) atoms. The van der Waals surface area contributed by atoms with Crippen molar-refractivity contribution in [1.82, 2.24) is 5.32 Å². The molecule has 0 aliphatic carbocycles. The Morgan fingerprint density at radius 1 is 1.38 bits per heavy atom. The van der Waals surface area contributed by atoms with Crippen LogP contribution in [0.4, 0.5) is 11.4 Å². The Morgan fingerprint density at radius 2 is 2.23 bits per heavy atom. The van der Waals surface area contributed by atoms with E-state index in [0.717, 1.165) is 5.69 Å². The molecule has 0 spiro atoms. The molecule has 0 atom stereocenters. The summed E-state index contributed by atoms with van der Waals surface area (Å²) in [4.78, 5) is 12.4. The van der Waals surface area contributed by atoms with E-state index in [4.69, 9.17) is 0 Å². The first-order valence-electron chi connectivity index (χ1n) is 4.01. The molecular weight excluding hydrogens is 166 g/mol. The van der Waals surface area contributed by atoms with Crippen LogP contribution in [0.15, 0.2) is 41.8 Å². The van der Waals surface area contributed by atoms with Gasteiger partial charge in [0, 0.05) is 12.4 Å². The Hall–Kier alpha value is -1.84. The second-order valence-corrected chi connectivity index (χ2v) is 2.73. The van der Waals surface area contributed by atoms with Gasteiger partial charge >= 0.3 is 0 Å². The summed E-state index contributed by atoms with van der Waals surface area (Å²) in [6.45, 7) is 0.687. The van der Waals surface area contributed by atoms with Crippen LogP contribution in [0.1, 0.15) is 0 Å². The molecule has 4 nitrogen and oxygen atoms in total. The van der Waals surface area contributed by atoms with Crippen LogP contribution in [0.5, 0.6) is 0 Å². The number of rotatable bonds is 2. The van der Waals surface area contributed by atoms with E-state index in [1.807, 2.05) is 29.4 Å². The van der Waals surface area contributed by atoms with Gasteiger partial charge < -0.3 is 10.2 Å². The number of hydrogen-bond donors (Lipinski definition) is 1. The molecule has 0 amide bonds. The molecular formula is C9H9N3O. The van der Waals surface area contributed by atoms with Crippen molar-refractivity contribution in [3.63, 3.8) is 0 Å². The van der Waals surface area contributed by atoms with E-state index in [1.54, 1.807) is 12.1 Å². The van der Waals surface area contributed by atoms with Gasteiger partial charge in [0.2, 0.25) is 0 Å². The lowest BCUT2D eigenvalue weighted by molar-refractivity contribution is 0.901. The summed E-state index contributed by atoms with van der Waals surface area (Å²) in [5, 5.41) is 5.99. The van der Waals surface area contributed by atoms with Crippen molar-refractivity contribution in [2.24, 2.45) is 5.18 Å². The lowest BCUT2D eigenvalue weighted by Gasteiger charge is -2.15. The fourth-order valence-corrected chi connectivity index (χ4v) is 1.30. The highest BCUT2D eigenvalue weighted by Gasteiger charge is 2.10. The highest BCUT2D eigenvalue weighted by molar-refractivity contribution is 5.68. The normalized spacial score (nSPS) is 14.3. The molecule has 66 valence electrons. The van der Waals surface area contributed by atoms with E-state index >= 15 is 0 Å². The van der Waals surface area contributed by atoms with Crippen molar-refractivity contribution >= 4 is 11.4 Å². The van der Waals surface area contributed by atoms with Gasteiger partial charge in [-0.15, -0.1) is 4.91 Å². The Morgan fingerprint density at radius 3 is 2.92 bits per heavy atom. The standard InChI is InChI=1S/C9H9N3O/c13-11-8-3-1-2-4-9(8)12-6-5-10-7-12/h1-6,10H,7H2. The van der Waals surface area contributed by atoms with Crippen LogP contribution in [0.3, 0.4) is 0 Å². The molecule has 0 bridgehead atoms. The molecule has 1 aliphatic rings. The molecule has 0 saturated heterocycles. The third-order valence-corrected chi connectivity index (χ3v) is 1.92. The zero-order valence-electron chi connectivity index (χ0n) is 6.97. The Bertz CT molecular complexity index is 348. The Labute approximate surface area is 75.8 Å². The van der Waals surface area contributed by atoms with Crippen LogP contribution >= 0.6 is 0 Å². The first kappa shape index (κ1) is 7.79. The number of anilines is 1. The number of benzene rings is 1. The number of nitroso groups, excluding NO2 is 1. The topological polar surface area (TPSA) is 44.7 Å². The average molecular weight is 175 g/mol. The van der Waals surface area contributed by atoms with Crippen LogP contribution < -0.4 is 10.2 Å². The Kier molecular flexibility index (Phi) is 1.96. The van der Waals surface area contributed by atoms with Gasteiger partial charge in [0.05, 0.1) is 12.4 Å². The molecule has 1 heterocycles. The van der Waals surface area contributed by atoms with Gasteiger partial charge in [-0.2, -0.15) is 0 Å². The van der Waals surface area contributed by atoms with E-state index < -0.39 is 0 Å². The third-order valence-electron chi connectivity index (χ3n) is 1.92. The summed E-state index contributed by atoms with van der Waals surface area (Å²) < 4.78 is 0. The van der Waals surface area contributed by atoms with E-state index in [0.29, 0.717) is 12.4 Å². The molecule has 1 aromatic rings. The van der Waals surface area contributed by atoms with Crippen LogP contribution in [0.25, 0.3) is 0 Å². The van der Waals surface area contributed by atoms with Gasteiger partial charge in [-0.25, -0.2) is 0 Å². The minimum absolute atomic E-state index is 0.468. The highest BCUT2D eigenvalue weighted by Crippen LogP contribution is 2.28. The van der Waals surface area contributed by atoms with Crippen LogP contribution in [-0.4, -0.2) is 6.67 Å². The summed E-state index contributed by atoms with van der Waals surface area (Å²) in [6, 6.07) is 7.26. The van der Waals surface area contributed by atoms with Crippen molar-refractivity contribution in [2.75, 3.05) is 11.6 Å². The molecule has 2 rings (SSSR count). The fraction of sp³-hybridized carbons (Fsp3) is 0.111. The van der Waals surface area contributed by atoms with Crippen molar-refractivity contribution in [2.45, 2.75) is 0 Å².